The third-order valence-corrected chi connectivity index (χ3v) is 6.37. The Kier molecular flexibility index (Phi) is 8.86. The van der Waals surface area contributed by atoms with Gasteiger partial charge in [0.1, 0.15) is 5.75 Å². The molecule has 0 saturated heterocycles. The highest BCUT2D eigenvalue weighted by molar-refractivity contribution is 9.10. The number of benzene rings is 2. The second-order valence-corrected chi connectivity index (χ2v) is 8.14. The van der Waals surface area contributed by atoms with Gasteiger partial charge in [0.25, 0.3) is 0 Å². The molecule has 2 nitrogen and oxygen atoms in total. The highest BCUT2D eigenvalue weighted by Crippen LogP contribution is 2.44. The fourth-order valence-corrected chi connectivity index (χ4v) is 4.83. The molecule has 2 aromatic rings. The van der Waals surface area contributed by atoms with Gasteiger partial charge in [-0.25, -0.2) is 0 Å². The van der Waals surface area contributed by atoms with Crippen LogP contribution in [0.1, 0.15) is 40.0 Å². The first-order valence-electron chi connectivity index (χ1n) is 9.55. The van der Waals surface area contributed by atoms with Crippen LogP contribution < -0.4 is 9.64 Å². The van der Waals surface area contributed by atoms with Crippen molar-refractivity contribution in [3.05, 3.63) is 46.9 Å². The Bertz CT molecular complexity index is 677. The predicted molar refractivity (Wildman–Crippen MR) is 119 cm³/mol. The Hall–Kier alpha value is -1.13. The zero-order valence-electron chi connectivity index (χ0n) is 16.3. The first-order chi connectivity index (χ1) is 12.7. The lowest BCUT2D eigenvalue weighted by Gasteiger charge is -2.28. The second-order valence-electron chi connectivity index (χ2n) is 6.22. The van der Waals surface area contributed by atoms with Crippen molar-refractivity contribution in [1.82, 2.24) is 0 Å². The van der Waals surface area contributed by atoms with E-state index in [1.54, 1.807) is 7.11 Å². The van der Waals surface area contributed by atoms with E-state index in [1.165, 1.54) is 41.3 Å². The first kappa shape index (κ1) is 21.2. The van der Waals surface area contributed by atoms with Crippen LogP contribution >= 0.6 is 27.7 Å². The molecule has 1 heterocycles. The van der Waals surface area contributed by atoms with E-state index in [4.69, 9.17) is 4.74 Å². The summed E-state index contributed by atoms with van der Waals surface area (Å²) in [6.07, 6.45) is 3.86. The number of rotatable bonds is 5. The Labute approximate surface area is 171 Å². The zero-order chi connectivity index (χ0) is 18.9. The van der Waals surface area contributed by atoms with Crippen LogP contribution in [-0.2, 0) is 0 Å². The van der Waals surface area contributed by atoms with Crippen LogP contribution in [0.2, 0.25) is 0 Å². The van der Waals surface area contributed by atoms with Crippen molar-refractivity contribution in [2.45, 2.75) is 44.9 Å². The van der Waals surface area contributed by atoms with Gasteiger partial charge in [0, 0.05) is 22.9 Å². The third-order valence-electron chi connectivity index (χ3n) is 4.47. The van der Waals surface area contributed by atoms with Gasteiger partial charge in [-0.05, 0) is 52.5 Å². The van der Waals surface area contributed by atoms with E-state index in [2.05, 4.69) is 70.2 Å². The SMILES string of the molecule is CC.CCCCC1CSc2cc(OC)c(Br)cc2N(c2ccccc2)C1. The first-order valence-corrected chi connectivity index (χ1v) is 11.3. The van der Waals surface area contributed by atoms with Crippen molar-refractivity contribution in [3.8, 4) is 5.75 Å². The molecule has 0 N–H and O–H groups in total. The molecular formula is C22H30BrNOS. The maximum absolute atomic E-state index is 5.51. The quantitative estimate of drug-likeness (QED) is 0.481. The summed E-state index contributed by atoms with van der Waals surface area (Å²) in [6, 6.07) is 15.1. The minimum absolute atomic E-state index is 0.701. The number of thioether (sulfide) groups is 1. The smallest absolute Gasteiger partial charge is 0.134 e. The van der Waals surface area contributed by atoms with Crippen molar-refractivity contribution >= 4 is 39.1 Å². The molecule has 3 rings (SSSR count). The molecular weight excluding hydrogens is 406 g/mol. The topological polar surface area (TPSA) is 12.5 Å². The van der Waals surface area contributed by atoms with Crippen molar-refractivity contribution in [2.75, 3.05) is 24.3 Å². The van der Waals surface area contributed by atoms with Crippen LogP contribution in [0.15, 0.2) is 51.8 Å². The largest absolute Gasteiger partial charge is 0.496 e. The normalized spacial score (nSPS) is 16.2. The van der Waals surface area contributed by atoms with Gasteiger partial charge < -0.3 is 9.64 Å². The molecule has 0 radical (unpaired) electrons. The van der Waals surface area contributed by atoms with E-state index in [0.717, 1.165) is 16.8 Å². The van der Waals surface area contributed by atoms with E-state index >= 15 is 0 Å². The van der Waals surface area contributed by atoms with Crippen molar-refractivity contribution in [2.24, 2.45) is 5.92 Å². The van der Waals surface area contributed by atoms with Gasteiger partial charge >= 0.3 is 0 Å². The van der Waals surface area contributed by atoms with Gasteiger partial charge in [0.2, 0.25) is 0 Å². The number of methoxy groups -OCH3 is 1. The highest BCUT2D eigenvalue weighted by Gasteiger charge is 2.24. The lowest BCUT2D eigenvalue weighted by Crippen LogP contribution is -2.25. The number of halogens is 1. The average Bonchev–Trinajstić information content (AvgIpc) is 2.87. The molecule has 1 atom stereocenters. The molecule has 0 amide bonds. The summed E-state index contributed by atoms with van der Waals surface area (Å²) in [6.45, 7) is 7.35. The fourth-order valence-electron chi connectivity index (χ4n) is 3.14. The number of ether oxygens (including phenoxy) is 1. The summed E-state index contributed by atoms with van der Waals surface area (Å²) in [7, 11) is 1.73. The molecule has 0 bridgehead atoms. The van der Waals surface area contributed by atoms with Crippen LogP contribution in [0, 0.1) is 5.92 Å². The Balaban J connectivity index is 0.00000117. The van der Waals surface area contributed by atoms with E-state index in [9.17, 15) is 0 Å². The van der Waals surface area contributed by atoms with Crippen LogP contribution in [0.25, 0.3) is 0 Å². The Morgan fingerprint density at radius 3 is 2.58 bits per heavy atom. The van der Waals surface area contributed by atoms with E-state index in [0.29, 0.717) is 5.92 Å². The molecule has 4 heteroatoms. The van der Waals surface area contributed by atoms with Crippen LogP contribution in [-0.4, -0.2) is 19.4 Å². The predicted octanol–water partition coefficient (Wildman–Crippen LogP) is 7.53. The van der Waals surface area contributed by atoms with Crippen LogP contribution in [0.3, 0.4) is 0 Å². The van der Waals surface area contributed by atoms with Gasteiger partial charge in [0.15, 0.2) is 0 Å². The molecule has 26 heavy (non-hydrogen) atoms. The highest BCUT2D eigenvalue weighted by atomic mass is 79.9. The molecule has 0 saturated carbocycles. The lowest BCUT2D eigenvalue weighted by atomic mass is 10.0. The summed E-state index contributed by atoms with van der Waals surface area (Å²) >= 11 is 5.62. The number of para-hydroxylation sites is 1. The molecule has 0 spiro atoms. The molecule has 0 fully saturated rings. The van der Waals surface area contributed by atoms with Gasteiger partial charge in [-0.15, -0.1) is 11.8 Å². The van der Waals surface area contributed by atoms with Gasteiger partial charge in [-0.3, -0.25) is 0 Å². The minimum atomic E-state index is 0.701. The zero-order valence-corrected chi connectivity index (χ0v) is 18.7. The standard InChI is InChI=1S/C20H24BrNOS.C2H6/c1-3-4-8-15-13-22(16-9-6-5-7-10-16)18-11-17(21)19(23-2)12-20(18)24-14-15;1-2/h5-7,9-12,15H,3-4,8,13-14H2,1-2H3;1-2H3. The number of unbranched alkanes of at least 4 members (excludes halogenated alkanes) is 1. The van der Waals surface area contributed by atoms with Crippen molar-refractivity contribution < 1.29 is 4.74 Å². The molecule has 0 aromatic heterocycles. The maximum atomic E-state index is 5.51. The molecule has 1 aliphatic heterocycles. The molecule has 142 valence electrons. The monoisotopic (exact) mass is 435 g/mol. The fraction of sp³-hybridized carbons (Fsp3) is 0.455. The van der Waals surface area contributed by atoms with Gasteiger partial charge in [0.05, 0.1) is 17.3 Å². The summed E-state index contributed by atoms with van der Waals surface area (Å²) in [5.74, 6) is 2.77. The Morgan fingerprint density at radius 2 is 1.92 bits per heavy atom. The van der Waals surface area contributed by atoms with E-state index in [1.807, 2.05) is 25.6 Å². The molecule has 2 aromatic carbocycles. The number of nitrogens with zero attached hydrogens (tertiary/aromatic N) is 1. The molecule has 0 aliphatic carbocycles. The number of fused-ring (bicyclic) bond motifs is 1. The molecule has 1 unspecified atom stereocenters. The summed E-state index contributed by atoms with van der Waals surface area (Å²) in [5, 5.41) is 0. The van der Waals surface area contributed by atoms with Crippen LogP contribution in [0.5, 0.6) is 5.75 Å². The summed E-state index contributed by atoms with van der Waals surface area (Å²) < 4.78 is 6.52. The summed E-state index contributed by atoms with van der Waals surface area (Å²) in [4.78, 5) is 3.78. The minimum Gasteiger partial charge on any atom is -0.496 e. The van der Waals surface area contributed by atoms with Gasteiger partial charge in [-0.1, -0.05) is 51.8 Å². The number of anilines is 2. The van der Waals surface area contributed by atoms with Crippen molar-refractivity contribution in [3.63, 3.8) is 0 Å². The number of hydrogen-bond donors (Lipinski definition) is 0. The summed E-state index contributed by atoms with van der Waals surface area (Å²) in [5.41, 5.74) is 2.54. The Morgan fingerprint density at radius 1 is 1.19 bits per heavy atom. The third kappa shape index (κ3) is 5.20. The second kappa shape index (κ2) is 10.9. The van der Waals surface area contributed by atoms with E-state index < -0.39 is 0 Å². The number of hydrogen-bond acceptors (Lipinski definition) is 3. The lowest BCUT2D eigenvalue weighted by molar-refractivity contribution is 0.411. The molecule has 1 aliphatic rings. The van der Waals surface area contributed by atoms with Gasteiger partial charge in [-0.2, -0.15) is 0 Å². The maximum Gasteiger partial charge on any atom is 0.134 e. The van der Waals surface area contributed by atoms with Crippen molar-refractivity contribution in [1.29, 1.82) is 0 Å². The van der Waals surface area contributed by atoms with E-state index in [-0.39, 0.29) is 0 Å². The van der Waals surface area contributed by atoms with Crippen LogP contribution in [0.4, 0.5) is 11.4 Å². The average molecular weight is 436 g/mol.